The topological polar surface area (TPSA) is 106 Å². The summed E-state index contributed by atoms with van der Waals surface area (Å²) in [5, 5.41) is 6.51. The number of piperazine rings is 1. The Hall–Kier alpha value is -3.90. The number of carbonyl (C=O) groups excluding carboxylic acids is 2. The predicted molar refractivity (Wildman–Crippen MR) is 162 cm³/mol. The van der Waals surface area contributed by atoms with Gasteiger partial charge >= 0.3 is 6.09 Å². The van der Waals surface area contributed by atoms with Crippen LogP contribution in [0.3, 0.4) is 0 Å². The molecule has 12 heteroatoms. The lowest BCUT2D eigenvalue weighted by molar-refractivity contribution is -0.116. The van der Waals surface area contributed by atoms with E-state index in [-0.39, 0.29) is 24.4 Å². The number of primary amides is 1. The molecule has 2 aliphatic rings. The van der Waals surface area contributed by atoms with Crippen LogP contribution >= 0.6 is 12.6 Å². The molecule has 0 saturated carbocycles. The van der Waals surface area contributed by atoms with E-state index in [1.807, 2.05) is 12.1 Å². The SMILES string of the molecule is COC(N)=O.O=C(CC(c1ccc(F)cc1)c1cc(F)cc(F)c1)Nc1cccc2c1OCC1CN2C(CCCS)CN1. The molecule has 0 aliphatic carbocycles. The standard InChI is InChI=1S/C29H30F3N3O2S.C2H5NO2/c30-20-8-6-18(7-9-20)25(19-11-21(31)13-22(32)12-19)14-28(36)34-26-4-1-5-27-29(26)37-17-23-16-35(27)24(15-33-23)3-2-10-38;1-5-2(3)4/h1,4-9,11-13,23-25,33,38H,2-3,10,14-17H2,(H,34,36);1H3,(H2,3,4). The Morgan fingerprint density at radius 3 is 2.44 bits per heavy atom. The van der Waals surface area contributed by atoms with E-state index in [2.05, 4.69) is 38.6 Å². The number of fused-ring (bicyclic) bond motifs is 4. The summed E-state index contributed by atoms with van der Waals surface area (Å²) in [6, 6.07) is 14.9. The number of para-hydroxylation sites is 1. The Labute approximate surface area is 254 Å². The fourth-order valence-corrected chi connectivity index (χ4v) is 5.51. The van der Waals surface area contributed by atoms with E-state index in [0.29, 0.717) is 29.2 Å². The Kier molecular flexibility index (Phi) is 11.2. The summed E-state index contributed by atoms with van der Waals surface area (Å²) >= 11 is 4.37. The van der Waals surface area contributed by atoms with Gasteiger partial charge in [-0.1, -0.05) is 18.2 Å². The molecule has 4 N–H and O–H groups in total. The minimum atomic E-state index is -0.745. The molecule has 2 amide bonds. The number of carbonyl (C=O) groups is 2. The van der Waals surface area contributed by atoms with E-state index in [1.54, 1.807) is 6.07 Å². The number of rotatable bonds is 8. The zero-order chi connectivity index (χ0) is 30.9. The first-order valence-corrected chi connectivity index (χ1v) is 14.5. The number of methoxy groups -OCH3 is 1. The van der Waals surface area contributed by atoms with Crippen LogP contribution in [0.2, 0.25) is 0 Å². The van der Waals surface area contributed by atoms with E-state index in [1.165, 1.54) is 43.5 Å². The molecule has 230 valence electrons. The summed E-state index contributed by atoms with van der Waals surface area (Å²) in [7, 11) is 1.22. The third kappa shape index (κ3) is 8.57. The molecule has 0 radical (unpaired) electrons. The number of thiol groups is 1. The minimum Gasteiger partial charge on any atom is -0.488 e. The summed E-state index contributed by atoms with van der Waals surface area (Å²) in [4.78, 5) is 25.1. The number of halogens is 3. The highest BCUT2D eigenvalue weighted by Gasteiger charge is 2.33. The van der Waals surface area contributed by atoms with Crippen LogP contribution in [0.1, 0.15) is 36.3 Å². The van der Waals surface area contributed by atoms with E-state index in [4.69, 9.17) is 4.74 Å². The zero-order valence-electron chi connectivity index (χ0n) is 23.7. The number of nitrogens with zero attached hydrogens (tertiary/aromatic N) is 1. The van der Waals surface area contributed by atoms with Crippen molar-refractivity contribution in [2.75, 3.05) is 42.8 Å². The quantitative estimate of drug-likeness (QED) is 0.259. The summed E-state index contributed by atoms with van der Waals surface area (Å²) in [5.41, 5.74) is 6.77. The number of ether oxygens (including phenoxy) is 2. The molecule has 2 heterocycles. The number of hydrogen-bond acceptors (Lipinski definition) is 7. The largest absolute Gasteiger partial charge is 0.488 e. The van der Waals surface area contributed by atoms with E-state index < -0.39 is 29.5 Å². The molecule has 2 aliphatic heterocycles. The first kappa shape index (κ1) is 32.0. The van der Waals surface area contributed by atoms with Crippen LogP contribution in [-0.4, -0.2) is 56.6 Å². The van der Waals surface area contributed by atoms with Crippen molar-refractivity contribution in [2.24, 2.45) is 5.73 Å². The summed E-state index contributed by atoms with van der Waals surface area (Å²) in [6.07, 6.45) is 1.14. The van der Waals surface area contributed by atoms with Crippen LogP contribution in [-0.2, 0) is 9.53 Å². The van der Waals surface area contributed by atoms with Gasteiger partial charge in [0.25, 0.3) is 0 Å². The molecule has 0 spiro atoms. The van der Waals surface area contributed by atoms with Gasteiger partial charge in [0, 0.05) is 37.5 Å². The first-order valence-electron chi connectivity index (χ1n) is 13.9. The second-order valence-corrected chi connectivity index (χ2v) is 10.8. The van der Waals surface area contributed by atoms with E-state index >= 15 is 0 Å². The van der Waals surface area contributed by atoms with E-state index in [0.717, 1.165) is 43.4 Å². The molecule has 1 saturated heterocycles. The van der Waals surface area contributed by atoms with Crippen LogP contribution in [0.25, 0.3) is 0 Å². The van der Waals surface area contributed by atoms with Crippen LogP contribution < -0.4 is 26.0 Å². The van der Waals surface area contributed by atoms with Crippen molar-refractivity contribution in [3.63, 3.8) is 0 Å². The van der Waals surface area contributed by atoms with Gasteiger partial charge in [-0.25, -0.2) is 18.0 Å². The lowest BCUT2D eigenvalue weighted by atomic mass is 9.88. The van der Waals surface area contributed by atoms with Gasteiger partial charge < -0.3 is 30.7 Å². The highest BCUT2D eigenvalue weighted by atomic mass is 32.1. The van der Waals surface area contributed by atoms with Crippen molar-refractivity contribution in [3.8, 4) is 5.75 Å². The number of anilines is 2. The number of hydrogen-bond donors (Lipinski definition) is 4. The van der Waals surface area contributed by atoms with Crippen molar-refractivity contribution in [2.45, 2.75) is 37.3 Å². The minimum absolute atomic E-state index is 0.101. The number of amides is 2. The number of nitrogens with one attached hydrogen (secondary N) is 2. The van der Waals surface area contributed by atoms with Crippen molar-refractivity contribution < 1.29 is 32.2 Å². The van der Waals surface area contributed by atoms with Gasteiger partial charge in [-0.15, -0.1) is 0 Å². The zero-order valence-corrected chi connectivity index (χ0v) is 24.6. The molecular formula is C31H35F3N4O4S. The third-order valence-electron chi connectivity index (χ3n) is 7.35. The normalized spacial score (nSPS) is 17.7. The van der Waals surface area contributed by atoms with Gasteiger partial charge in [0.2, 0.25) is 5.91 Å². The molecule has 3 aromatic carbocycles. The highest BCUT2D eigenvalue weighted by molar-refractivity contribution is 7.80. The maximum atomic E-state index is 14.1. The highest BCUT2D eigenvalue weighted by Crippen LogP contribution is 2.40. The Bertz CT molecular complexity index is 1390. The monoisotopic (exact) mass is 616 g/mol. The molecule has 2 bridgehead atoms. The second-order valence-electron chi connectivity index (χ2n) is 10.3. The molecule has 3 unspecified atom stereocenters. The third-order valence-corrected chi connectivity index (χ3v) is 7.67. The molecule has 3 atom stereocenters. The van der Waals surface area contributed by atoms with Crippen LogP contribution in [0.5, 0.6) is 5.75 Å². The average molecular weight is 617 g/mol. The van der Waals surface area contributed by atoms with Gasteiger partial charge in [0.15, 0.2) is 5.75 Å². The van der Waals surface area contributed by atoms with Crippen molar-refractivity contribution in [1.82, 2.24) is 5.32 Å². The maximum Gasteiger partial charge on any atom is 0.404 e. The summed E-state index contributed by atoms with van der Waals surface area (Å²) in [6.45, 7) is 2.12. The molecule has 1 fully saturated rings. The Morgan fingerprint density at radius 2 is 1.79 bits per heavy atom. The van der Waals surface area contributed by atoms with Crippen molar-refractivity contribution in [3.05, 3.63) is 89.2 Å². The fourth-order valence-electron chi connectivity index (χ4n) is 5.33. The molecular weight excluding hydrogens is 581 g/mol. The lowest BCUT2D eigenvalue weighted by Gasteiger charge is -2.40. The van der Waals surface area contributed by atoms with Crippen molar-refractivity contribution >= 4 is 36.0 Å². The molecule has 8 nitrogen and oxygen atoms in total. The average Bonchev–Trinajstić information content (AvgIpc) is 3.13. The predicted octanol–water partition coefficient (Wildman–Crippen LogP) is 5.23. The van der Waals surface area contributed by atoms with Gasteiger partial charge in [-0.3, -0.25) is 4.79 Å². The molecule has 0 aromatic heterocycles. The van der Waals surface area contributed by atoms with Gasteiger partial charge in [0.05, 0.1) is 24.5 Å². The first-order chi connectivity index (χ1) is 20.7. The van der Waals surface area contributed by atoms with Crippen molar-refractivity contribution in [1.29, 1.82) is 0 Å². The Balaban J connectivity index is 0.000000782. The number of nitrogens with two attached hydrogens (primary N) is 1. The maximum absolute atomic E-state index is 14.1. The smallest absolute Gasteiger partial charge is 0.404 e. The molecule has 43 heavy (non-hydrogen) atoms. The molecule has 5 rings (SSSR count). The van der Waals surface area contributed by atoms with Crippen LogP contribution in [0.15, 0.2) is 60.7 Å². The van der Waals surface area contributed by atoms with Gasteiger partial charge in [0.1, 0.15) is 24.1 Å². The van der Waals surface area contributed by atoms with Crippen LogP contribution in [0, 0.1) is 17.5 Å². The van der Waals surface area contributed by atoms with Gasteiger partial charge in [-0.2, -0.15) is 12.6 Å². The van der Waals surface area contributed by atoms with Gasteiger partial charge in [-0.05, 0) is 66.1 Å². The Morgan fingerprint density at radius 1 is 1.09 bits per heavy atom. The summed E-state index contributed by atoms with van der Waals surface area (Å²) in [5.74, 6) is -1.52. The summed E-state index contributed by atoms with van der Waals surface area (Å²) < 4.78 is 51.8. The van der Waals surface area contributed by atoms with E-state index in [9.17, 15) is 22.8 Å². The number of benzene rings is 3. The molecule has 3 aromatic rings. The fraction of sp³-hybridized carbons (Fsp3) is 0.355. The lowest BCUT2D eigenvalue weighted by Crippen LogP contribution is -2.57. The second kappa shape index (κ2) is 15.0. The van der Waals surface area contributed by atoms with Crippen LogP contribution in [0.4, 0.5) is 29.3 Å².